The van der Waals surface area contributed by atoms with Gasteiger partial charge in [0.05, 0.1) is 35.6 Å². The van der Waals surface area contributed by atoms with Crippen LogP contribution in [0.5, 0.6) is 0 Å². The molecule has 3 aromatic heterocycles. The number of nitrogens with zero attached hydrogens (tertiary/aromatic N) is 5. The van der Waals surface area contributed by atoms with Crippen molar-refractivity contribution in [3.63, 3.8) is 0 Å². The second kappa shape index (κ2) is 8.00. The Bertz CT molecular complexity index is 1130. The molecule has 0 spiro atoms. The van der Waals surface area contributed by atoms with Crippen molar-refractivity contribution < 1.29 is 14.3 Å². The van der Waals surface area contributed by atoms with Crippen molar-refractivity contribution in [2.45, 2.75) is 20.8 Å². The molecule has 0 unspecified atom stereocenters. The van der Waals surface area contributed by atoms with Gasteiger partial charge in [-0.2, -0.15) is 5.10 Å². The Morgan fingerprint density at radius 3 is 2.50 bits per heavy atom. The number of pyridine rings is 1. The maximum atomic E-state index is 12.8. The van der Waals surface area contributed by atoms with E-state index in [1.807, 2.05) is 13.8 Å². The Kier molecular flexibility index (Phi) is 5.39. The monoisotopic (exact) mass is 429 g/mol. The van der Waals surface area contributed by atoms with Crippen LogP contribution in [0.3, 0.4) is 0 Å². The van der Waals surface area contributed by atoms with E-state index in [0.717, 1.165) is 18.2 Å². The Morgan fingerprint density at radius 1 is 1.07 bits per heavy atom. The lowest BCUT2D eigenvalue weighted by atomic mass is 10.1. The Labute approximate surface area is 177 Å². The number of ether oxygens (including phenoxy) is 1. The van der Waals surface area contributed by atoms with Crippen LogP contribution in [0, 0.1) is 20.8 Å². The molecule has 1 aliphatic rings. The SMILES string of the molecule is Cc1cc(C(=O)NNC(=O)c2sc(N3CCOCC3)nc2C)c2c(C)nn(C)c2n1. The number of nitrogens with one attached hydrogen (secondary N) is 2. The summed E-state index contributed by atoms with van der Waals surface area (Å²) in [5.41, 5.74) is 8.07. The lowest BCUT2D eigenvalue weighted by Crippen LogP contribution is -2.41. The van der Waals surface area contributed by atoms with Crippen molar-refractivity contribution >= 4 is 39.3 Å². The molecule has 1 aliphatic heterocycles. The first kappa shape index (κ1) is 20.2. The number of rotatable bonds is 3. The van der Waals surface area contributed by atoms with Gasteiger partial charge in [-0.05, 0) is 26.8 Å². The van der Waals surface area contributed by atoms with Crippen LogP contribution in [0.15, 0.2) is 6.07 Å². The minimum Gasteiger partial charge on any atom is -0.378 e. The van der Waals surface area contributed by atoms with E-state index in [4.69, 9.17) is 4.74 Å². The second-order valence-electron chi connectivity index (χ2n) is 7.14. The summed E-state index contributed by atoms with van der Waals surface area (Å²) in [5.74, 6) is -0.826. The number of anilines is 1. The highest BCUT2D eigenvalue weighted by atomic mass is 32.1. The van der Waals surface area contributed by atoms with Crippen LogP contribution in [-0.4, -0.2) is 57.9 Å². The molecule has 4 rings (SSSR count). The number of morpholine rings is 1. The number of amides is 2. The normalized spacial score (nSPS) is 14.2. The molecule has 0 atom stereocenters. The molecule has 3 aromatic rings. The molecule has 30 heavy (non-hydrogen) atoms. The zero-order chi connectivity index (χ0) is 21.4. The summed E-state index contributed by atoms with van der Waals surface area (Å²) in [5, 5.41) is 5.79. The lowest BCUT2D eigenvalue weighted by Gasteiger charge is -2.25. The number of thiazole rings is 1. The summed E-state index contributed by atoms with van der Waals surface area (Å²) < 4.78 is 7.00. The van der Waals surface area contributed by atoms with Gasteiger partial charge in [-0.3, -0.25) is 25.1 Å². The molecule has 0 saturated carbocycles. The number of aryl methyl sites for hydroxylation is 4. The van der Waals surface area contributed by atoms with E-state index in [-0.39, 0.29) is 0 Å². The van der Waals surface area contributed by atoms with Gasteiger partial charge in [0.25, 0.3) is 11.8 Å². The first-order chi connectivity index (χ1) is 14.3. The number of carbonyl (C=O) groups is 2. The Balaban J connectivity index is 1.50. The van der Waals surface area contributed by atoms with Crippen LogP contribution in [0.4, 0.5) is 5.13 Å². The van der Waals surface area contributed by atoms with Crippen molar-refractivity contribution in [2.75, 3.05) is 31.2 Å². The van der Waals surface area contributed by atoms with Gasteiger partial charge in [-0.15, -0.1) is 0 Å². The topological polar surface area (TPSA) is 114 Å². The van der Waals surface area contributed by atoms with Crippen molar-refractivity contribution in [2.24, 2.45) is 7.05 Å². The number of fused-ring (bicyclic) bond motifs is 1. The van der Waals surface area contributed by atoms with E-state index in [1.165, 1.54) is 11.3 Å². The zero-order valence-corrected chi connectivity index (χ0v) is 18.1. The molecule has 1 saturated heterocycles. The van der Waals surface area contributed by atoms with Crippen LogP contribution in [-0.2, 0) is 11.8 Å². The summed E-state index contributed by atoms with van der Waals surface area (Å²) in [6, 6.07) is 1.69. The van der Waals surface area contributed by atoms with Gasteiger partial charge >= 0.3 is 0 Å². The van der Waals surface area contributed by atoms with Crippen LogP contribution >= 0.6 is 11.3 Å². The highest BCUT2D eigenvalue weighted by molar-refractivity contribution is 7.17. The van der Waals surface area contributed by atoms with E-state index >= 15 is 0 Å². The van der Waals surface area contributed by atoms with E-state index in [2.05, 4.69) is 30.8 Å². The molecular weight excluding hydrogens is 406 g/mol. The van der Waals surface area contributed by atoms with Crippen molar-refractivity contribution in [1.82, 2.24) is 30.6 Å². The third-order valence-corrected chi connectivity index (χ3v) is 6.12. The number of carbonyl (C=O) groups excluding carboxylic acids is 2. The maximum Gasteiger partial charge on any atom is 0.281 e. The van der Waals surface area contributed by atoms with Crippen LogP contribution in [0.2, 0.25) is 0 Å². The molecule has 2 N–H and O–H groups in total. The quantitative estimate of drug-likeness (QED) is 0.603. The van der Waals surface area contributed by atoms with Gasteiger partial charge in [0, 0.05) is 25.8 Å². The van der Waals surface area contributed by atoms with Crippen molar-refractivity contribution in [3.8, 4) is 0 Å². The molecule has 4 heterocycles. The molecule has 10 nitrogen and oxygen atoms in total. The molecule has 2 amide bonds. The summed E-state index contributed by atoms with van der Waals surface area (Å²) >= 11 is 1.30. The molecule has 0 radical (unpaired) electrons. The average molecular weight is 430 g/mol. The fourth-order valence-corrected chi connectivity index (χ4v) is 4.48. The van der Waals surface area contributed by atoms with Crippen molar-refractivity contribution in [3.05, 3.63) is 33.6 Å². The molecule has 0 aliphatic carbocycles. The highest BCUT2D eigenvalue weighted by Crippen LogP contribution is 2.26. The predicted octanol–water partition coefficient (Wildman–Crippen LogP) is 1.26. The Hall–Kier alpha value is -3.05. The molecule has 0 bridgehead atoms. The minimum atomic E-state index is -0.425. The third-order valence-electron chi connectivity index (χ3n) is 4.90. The second-order valence-corrected chi connectivity index (χ2v) is 8.11. The first-order valence-corrected chi connectivity index (χ1v) is 10.4. The third kappa shape index (κ3) is 3.73. The molecular formula is C19H23N7O3S. The van der Waals surface area contributed by atoms with E-state index in [0.29, 0.717) is 51.8 Å². The van der Waals surface area contributed by atoms with Gasteiger partial charge in [0.15, 0.2) is 10.8 Å². The summed E-state index contributed by atoms with van der Waals surface area (Å²) in [4.78, 5) is 37.0. The number of hydrogen-bond acceptors (Lipinski definition) is 8. The highest BCUT2D eigenvalue weighted by Gasteiger charge is 2.22. The van der Waals surface area contributed by atoms with Crippen LogP contribution in [0.1, 0.15) is 37.1 Å². The fraction of sp³-hybridized carbons (Fsp3) is 0.421. The standard InChI is InChI=1S/C19H23N7O3S/c1-10-9-13(14-11(2)24-25(4)16(14)20-10)17(27)22-23-18(28)15-12(3)21-19(30-15)26-5-7-29-8-6-26/h9H,5-8H2,1-4H3,(H,22,27)(H,23,28). The molecule has 158 valence electrons. The van der Waals surface area contributed by atoms with Gasteiger partial charge in [-0.25, -0.2) is 9.97 Å². The number of hydrazine groups is 1. The van der Waals surface area contributed by atoms with E-state index in [1.54, 1.807) is 24.7 Å². The average Bonchev–Trinajstić information content (AvgIpc) is 3.25. The largest absolute Gasteiger partial charge is 0.378 e. The van der Waals surface area contributed by atoms with Gasteiger partial charge in [0.1, 0.15) is 4.88 Å². The summed E-state index contributed by atoms with van der Waals surface area (Å²) in [6.45, 7) is 8.19. The molecule has 0 aromatic carbocycles. The van der Waals surface area contributed by atoms with Crippen LogP contribution < -0.4 is 15.8 Å². The minimum absolute atomic E-state index is 0.400. The maximum absolute atomic E-state index is 12.8. The first-order valence-electron chi connectivity index (χ1n) is 9.57. The van der Waals surface area contributed by atoms with Gasteiger partial charge < -0.3 is 9.64 Å². The molecule has 11 heteroatoms. The fourth-order valence-electron chi connectivity index (χ4n) is 3.47. The number of aromatic nitrogens is 4. The van der Waals surface area contributed by atoms with Gasteiger partial charge in [0.2, 0.25) is 0 Å². The summed E-state index contributed by atoms with van der Waals surface area (Å²) in [6.07, 6.45) is 0. The van der Waals surface area contributed by atoms with E-state index < -0.39 is 11.8 Å². The lowest BCUT2D eigenvalue weighted by molar-refractivity contribution is 0.0849. The van der Waals surface area contributed by atoms with Crippen molar-refractivity contribution in [1.29, 1.82) is 0 Å². The zero-order valence-electron chi connectivity index (χ0n) is 17.3. The summed E-state index contributed by atoms with van der Waals surface area (Å²) in [7, 11) is 1.78. The van der Waals surface area contributed by atoms with Crippen LogP contribution in [0.25, 0.3) is 11.0 Å². The predicted molar refractivity (Wildman–Crippen MR) is 113 cm³/mol. The smallest absolute Gasteiger partial charge is 0.281 e. The Morgan fingerprint density at radius 2 is 1.77 bits per heavy atom. The number of hydrogen-bond donors (Lipinski definition) is 2. The molecule has 1 fully saturated rings. The van der Waals surface area contributed by atoms with Gasteiger partial charge in [-0.1, -0.05) is 11.3 Å². The van der Waals surface area contributed by atoms with E-state index in [9.17, 15) is 9.59 Å².